The number of carbonyl (C=O) groups is 1. The van der Waals surface area contributed by atoms with E-state index in [4.69, 9.17) is 4.74 Å². The first-order valence-electron chi connectivity index (χ1n) is 8.95. The van der Waals surface area contributed by atoms with Gasteiger partial charge in [-0.2, -0.15) is 0 Å². The first-order valence-corrected chi connectivity index (χ1v) is 8.95. The van der Waals surface area contributed by atoms with Gasteiger partial charge in [-0.25, -0.2) is 4.39 Å². The van der Waals surface area contributed by atoms with E-state index in [2.05, 4.69) is 11.1 Å². The van der Waals surface area contributed by atoms with Gasteiger partial charge in [-0.05, 0) is 55.7 Å². The van der Waals surface area contributed by atoms with Crippen LogP contribution in [0.5, 0.6) is 0 Å². The van der Waals surface area contributed by atoms with Crippen molar-refractivity contribution in [3.63, 3.8) is 0 Å². The van der Waals surface area contributed by atoms with Crippen molar-refractivity contribution < 1.29 is 13.9 Å². The average molecular weight is 363 g/mol. The molecular weight excluding hydrogens is 341 g/mol. The van der Waals surface area contributed by atoms with Crippen LogP contribution in [0.4, 0.5) is 4.39 Å². The van der Waals surface area contributed by atoms with Gasteiger partial charge in [0, 0.05) is 18.2 Å². The topological polar surface area (TPSA) is 39.2 Å². The first kappa shape index (κ1) is 18.8. The summed E-state index contributed by atoms with van der Waals surface area (Å²) in [5.74, 6) is -0.713. The van der Waals surface area contributed by atoms with Gasteiger partial charge >= 0.3 is 5.97 Å². The van der Waals surface area contributed by atoms with Crippen LogP contribution in [0, 0.1) is 19.7 Å². The third kappa shape index (κ3) is 5.00. The molecule has 138 valence electrons. The molecule has 3 rings (SSSR count). The number of nitrogens with zero attached hydrogens (tertiary/aromatic N) is 1. The number of carbonyl (C=O) groups excluding carboxylic acids is 1. The van der Waals surface area contributed by atoms with Gasteiger partial charge in [0.1, 0.15) is 5.82 Å². The molecule has 4 heteroatoms. The highest BCUT2D eigenvalue weighted by Crippen LogP contribution is 2.26. The van der Waals surface area contributed by atoms with Crippen molar-refractivity contribution >= 4 is 5.97 Å². The quantitative estimate of drug-likeness (QED) is 0.572. The van der Waals surface area contributed by atoms with E-state index in [1.54, 1.807) is 30.5 Å². The summed E-state index contributed by atoms with van der Waals surface area (Å²) < 4.78 is 19.4. The van der Waals surface area contributed by atoms with Crippen molar-refractivity contribution in [3.05, 3.63) is 101 Å². The highest BCUT2D eigenvalue weighted by atomic mass is 19.1. The maximum Gasteiger partial charge on any atom is 0.307 e. The Morgan fingerprint density at radius 2 is 1.93 bits per heavy atom. The van der Waals surface area contributed by atoms with Crippen molar-refractivity contribution in [2.75, 3.05) is 0 Å². The second kappa shape index (κ2) is 8.58. The van der Waals surface area contributed by atoms with Gasteiger partial charge in [-0.1, -0.05) is 42.0 Å². The van der Waals surface area contributed by atoms with Crippen LogP contribution < -0.4 is 0 Å². The first-order chi connectivity index (χ1) is 13.0. The van der Waals surface area contributed by atoms with Gasteiger partial charge in [-0.15, -0.1) is 0 Å². The monoisotopic (exact) mass is 363 g/mol. The molecule has 0 saturated carbocycles. The molecule has 2 aromatic carbocycles. The van der Waals surface area contributed by atoms with E-state index in [1.165, 1.54) is 17.7 Å². The van der Waals surface area contributed by atoms with E-state index in [-0.39, 0.29) is 18.2 Å². The van der Waals surface area contributed by atoms with Crippen molar-refractivity contribution in [1.82, 2.24) is 4.98 Å². The molecule has 0 aliphatic carbocycles. The number of hydrogen-bond donors (Lipinski definition) is 0. The van der Waals surface area contributed by atoms with E-state index in [0.29, 0.717) is 17.7 Å². The molecule has 1 atom stereocenters. The lowest BCUT2D eigenvalue weighted by atomic mass is 10.0. The number of halogens is 1. The Kier molecular flexibility index (Phi) is 5.97. The molecule has 3 nitrogen and oxygen atoms in total. The predicted molar refractivity (Wildman–Crippen MR) is 103 cm³/mol. The summed E-state index contributed by atoms with van der Waals surface area (Å²) in [5.41, 5.74) is 4.61. The minimum atomic E-state index is -0.728. The third-order valence-electron chi connectivity index (χ3n) is 4.45. The van der Waals surface area contributed by atoms with Crippen LogP contribution in [0.2, 0.25) is 0 Å². The molecule has 1 heterocycles. The third-order valence-corrected chi connectivity index (χ3v) is 4.45. The molecule has 0 saturated heterocycles. The van der Waals surface area contributed by atoms with Crippen LogP contribution in [0.1, 0.15) is 40.5 Å². The summed E-state index contributed by atoms with van der Waals surface area (Å²) in [5, 5.41) is 0. The summed E-state index contributed by atoms with van der Waals surface area (Å²) >= 11 is 0. The Bertz CT molecular complexity index is 925. The molecule has 0 radical (unpaired) electrons. The van der Waals surface area contributed by atoms with Crippen LogP contribution in [0.15, 0.2) is 66.9 Å². The van der Waals surface area contributed by atoms with Crippen molar-refractivity contribution in [2.24, 2.45) is 0 Å². The van der Waals surface area contributed by atoms with Gasteiger partial charge in [0.25, 0.3) is 0 Å². The van der Waals surface area contributed by atoms with Crippen LogP contribution in [0.25, 0.3) is 0 Å². The number of ether oxygens (including phenoxy) is 1. The Morgan fingerprint density at radius 1 is 1.07 bits per heavy atom. The molecule has 1 aromatic heterocycles. The minimum Gasteiger partial charge on any atom is -0.451 e. The molecule has 0 aliphatic rings. The number of benzene rings is 2. The zero-order valence-electron chi connectivity index (χ0n) is 15.5. The van der Waals surface area contributed by atoms with E-state index in [0.717, 1.165) is 11.1 Å². The largest absolute Gasteiger partial charge is 0.451 e. The van der Waals surface area contributed by atoms with Gasteiger partial charge in [0.15, 0.2) is 6.10 Å². The second-order valence-corrected chi connectivity index (χ2v) is 6.61. The Morgan fingerprint density at radius 3 is 2.63 bits per heavy atom. The zero-order chi connectivity index (χ0) is 19.2. The smallest absolute Gasteiger partial charge is 0.307 e. The molecule has 27 heavy (non-hydrogen) atoms. The summed E-state index contributed by atoms with van der Waals surface area (Å²) in [4.78, 5) is 16.8. The van der Waals surface area contributed by atoms with Crippen LogP contribution in [-0.2, 0) is 16.0 Å². The number of rotatable bonds is 6. The number of aromatic nitrogens is 1. The minimum absolute atomic E-state index is 0.253. The Labute approximate surface area is 158 Å². The summed E-state index contributed by atoms with van der Waals surface area (Å²) in [7, 11) is 0. The van der Waals surface area contributed by atoms with Crippen molar-refractivity contribution in [1.29, 1.82) is 0 Å². The number of aryl methyl sites for hydroxylation is 3. The lowest BCUT2D eigenvalue weighted by molar-refractivity contribution is -0.147. The average Bonchev–Trinajstić information content (AvgIpc) is 2.66. The van der Waals surface area contributed by atoms with Crippen LogP contribution >= 0.6 is 0 Å². The molecular formula is C23H22FNO2. The normalized spacial score (nSPS) is 11.8. The molecule has 0 spiro atoms. The fourth-order valence-electron chi connectivity index (χ4n) is 3.05. The highest BCUT2D eigenvalue weighted by molar-refractivity contribution is 5.70. The SMILES string of the molecule is Cc1ccc(CCC(=O)OC(c2cccc(F)c2)c2ccccn2)c(C)c1. The van der Waals surface area contributed by atoms with Gasteiger partial charge in [0.2, 0.25) is 0 Å². The molecule has 0 bridgehead atoms. The van der Waals surface area contributed by atoms with Crippen molar-refractivity contribution in [2.45, 2.75) is 32.8 Å². The van der Waals surface area contributed by atoms with E-state index < -0.39 is 6.10 Å². The summed E-state index contributed by atoms with van der Waals surface area (Å²) in [6, 6.07) is 17.6. The van der Waals surface area contributed by atoms with E-state index >= 15 is 0 Å². The molecule has 0 N–H and O–H groups in total. The number of esters is 1. The van der Waals surface area contributed by atoms with Gasteiger partial charge in [0.05, 0.1) is 5.69 Å². The van der Waals surface area contributed by atoms with Gasteiger partial charge < -0.3 is 4.74 Å². The fourth-order valence-corrected chi connectivity index (χ4v) is 3.05. The number of pyridine rings is 1. The Hall–Kier alpha value is -3.01. The van der Waals surface area contributed by atoms with E-state index in [9.17, 15) is 9.18 Å². The summed E-state index contributed by atoms with van der Waals surface area (Å²) in [6.45, 7) is 4.08. The zero-order valence-corrected chi connectivity index (χ0v) is 15.5. The highest BCUT2D eigenvalue weighted by Gasteiger charge is 2.21. The van der Waals surface area contributed by atoms with E-state index in [1.807, 2.05) is 32.0 Å². The predicted octanol–water partition coefficient (Wildman–Crippen LogP) is 5.10. The fraction of sp³-hybridized carbons (Fsp3) is 0.217. The Balaban J connectivity index is 1.74. The molecule has 3 aromatic rings. The lowest BCUT2D eigenvalue weighted by Gasteiger charge is -2.18. The standard InChI is InChI=1S/C23H22FNO2/c1-16-9-10-18(17(2)14-16)11-12-22(26)27-23(21-8-3-4-13-25-21)19-6-5-7-20(24)15-19/h3-10,13-15,23H,11-12H2,1-2H3. The van der Waals surface area contributed by atoms with Crippen LogP contribution in [-0.4, -0.2) is 11.0 Å². The molecule has 0 aliphatic heterocycles. The number of hydrogen-bond acceptors (Lipinski definition) is 3. The molecule has 0 amide bonds. The lowest BCUT2D eigenvalue weighted by Crippen LogP contribution is -2.14. The summed E-state index contributed by atoms with van der Waals surface area (Å²) in [6.07, 6.45) is 1.75. The van der Waals surface area contributed by atoms with Gasteiger partial charge in [-0.3, -0.25) is 9.78 Å². The van der Waals surface area contributed by atoms with Crippen molar-refractivity contribution in [3.8, 4) is 0 Å². The molecule has 0 fully saturated rings. The maximum absolute atomic E-state index is 13.7. The second-order valence-electron chi connectivity index (χ2n) is 6.61. The maximum atomic E-state index is 13.7. The van der Waals surface area contributed by atoms with Crippen LogP contribution in [0.3, 0.4) is 0 Å². The molecule has 1 unspecified atom stereocenters.